The van der Waals surface area contributed by atoms with Gasteiger partial charge in [-0.1, -0.05) is 22.9 Å². The molecular formula is C25H29FN4O3. The summed E-state index contributed by atoms with van der Waals surface area (Å²) in [5.74, 6) is 1.34. The molecule has 1 fully saturated rings. The first-order valence-electron chi connectivity index (χ1n) is 11.3. The van der Waals surface area contributed by atoms with Crippen molar-refractivity contribution in [2.24, 2.45) is 5.92 Å². The maximum absolute atomic E-state index is 13.1. The molecule has 0 saturated carbocycles. The van der Waals surface area contributed by atoms with Crippen LogP contribution in [-0.4, -0.2) is 46.7 Å². The highest BCUT2D eigenvalue weighted by molar-refractivity contribution is 5.79. The molecule has 1 amide bonds. The number of carbonyl (C=O) groups is 1. The Bertz CT molecular complexity index is 1050. The Kier molecular flexibility index (Phi) is 7.34. The van der Waals surface area contributed by atoms with Crippen LogP contribution in [0.4, 0.5) is 4.39 Å². The number of ether oxygens (including phenoxy) is 1. The van der Waals surface area contributed by atoms with Crippen LogP contribution in [0.15, 0.2) is 53.1 Å². The van der Waals surface area contributed by atoms with E-state index < -0.39 is 0 Å². The quantitative estimate of drug-likeness (QED) is 0.557. The second-order valence-electron chi connectivity index (χ2n) is 8.63. The lowest BCUT2D eigenvalue weighted by Crippen LogP contribution is -2.46. The summed E-state index contributed by atoms with van der Waals surface area (Å²) in [6.07, 6.45) is 1.77. The van der Waals surface area contributed by atoms with E-state index in [2.05, 4.69) is 20.4 Å². The molecule has 1 N–H and O–H groups in total. The monoisotopic (exact) mass is 452 g/mol. The highest BCUT2D eigenvalue weighted by Crippen LogP contribution is 2.21. The Hall–Kier alpha value is -3.26. The Morgan fingerprint density at radius 1 is 1.24 bits per heavy atom. The van der Waals surface area contributed by atoms with E-state index in [4.69, 9.17) is 9.26 Å². The Morgan fingerprint density at radius 2 is 2.00 bits per heavy atom. The van der Waals surface area contributed by atoms with E-state index in [0.717, 1.165) is 25.1 Å². The fraction of sp³-hybridized carbons (Fsp3) is 0.400. The Balaban J connectivity index is 1.26. The van der Waals surface area contributed by atoms with Gasteiger partial charge in [0, 0.05) is 12.1 Å². The predicted molar refractivity (Wildman–Crippen MR) is 122 cm³/mol. The summed E-state index contributed by atoms with van der Waals surface area (Å²) < 4.78 is 24.3. The molecule has 2 unspecified atom stereocenters. The van der Waals surface area contributed by atoms with Crippen LogP contribution in [0.1, 0.15) is 31.2 Å². The molecule has 33 heavy (non-hydrogen) atoms. The van der Waals surface area contributed by atoms with Crippen molar-refractivity contribution >= 4 is 5.91 Å². The minimum Gasteiger partial charge on any atom is -0.491 e. The van der Waals surface area contributed by atoms with E-state index in [0.29, 0.717) is 37.0 Å². The van der Waals surface area contributed by atoms with Crippen LogP contribution in [-0.2, 0) is 11.3 Å². The van der Waals surface area contributed by atoms with Crippen molar-refractivity contribution in [3.05, 3.63) is 65.8 Å². The molecule has 1 aromatic heterocycles. The second kappa shape index (κ2) is 10.6. The summed E-state index contributed by atoms with van der Waals surface area (Å²) in [6.45, 7) is 6.37. The van der Waals surface area contributed by atoms with Crippen LogP contribution in [0.5, 0.6) is 5.75 Å². The number of rotatable bonds is 8. The topological polar surface area (TPSA) is 80.5 Å². The van der Waals surface area contributed by atoms with Gasteiger partial charge in [-0.25, -0.2) is 4.39 Å². The van der Waals surface area contributed by atoms with Gasteiger partial charge in [-0.3, -0.25) is 9.69 Å². The number of amides is 1. The van der Waals surface area contributed by atoms with E-state index in [1.807, 2.05) is 38.1 Å². The normalized spacial score (nSPS) is 17.5. The van der Waals surface area contributed by atoms with E-state index in [-0.39, 0.29) is 23.7 Å². The number of aryl methyl sites for hydroxylation is 1. The van der Waals surface area contributed by atoms with Gasteiger partial charge in [0.15, 0.2) is 0 Å². The average Bonchev–Trinajstić information content (AvgIpc) is 3.27. The number of aromatic nitrogens is 2. The lowest BCUT2D eigenvalue weighted by atomic mass is 9.97. The molecule has 2 aromatic carbocycles. The van der Waals surface area contributed by atoms with Crippen molar-refractivity contribution in [2.45, 2.75) is 39.3 Å². The lowest BCUT2D eigenvalue weighted by molar-refractivity contribution is -0.127. The maximum atomic E-state index is 13.1. The van der Waals surface area contributed by atoms with Gasteiger partial charge >= 0.3 is 0 Å². The van der Waals surface area contributed by atoms with Gasteiger partial charge in [-0.05, 0) is 69.6 Å². The summed E-state index contributed by atoms with van der Waals surface area (Å²) in [5, 5.41) is 7.07. The van der Waals surface area contributed by atoms with Crippen LogP contribution >= 0.6 is 0 Å². The number of hydrogen-bond acceptors (Lipinski definition) is 6. The van der Waals surface area contributed by atoms with Crippen molar-refractivity contribution in [1.29, 1.82) is 0 Å². The number of nitrogens with zero attached hydrogens (tertiary/aromatic N) is 3. The molecule has 0 spiro atoms. The standard InChI is InChI=1S/C25H29FN4O3/c1-17-5-11-22(12-6-17)32-16-18(2)27-25(31)20-4-3-13-30(14-20)15-23-28-24(29-33-23)19-7-9-21(26)10-8-19/h5-12,18,20H,3-4,13-16H2,1-2H3,(H,27,31). The molecule has 0 aliphatic carbocycles. The van der Waals surface area contributed by atoms with Crippen LogP contribution in [0.3, 0.4) is 0 Å². The zero-order valence-corrected chi connectivity index (χ0v) is 19.0. The molecule has 1 aliphatic heterocycles. The first kappa shape index (κ1) is 22.9. The summed E-state index contributed by atoms with van der Waals surface area (Å²) in [4.78, 5) is 19.4. The van der Waals surface area contributed by atoms with Gasteiger partial charge in [-0.15, -0.1) is 0 Å². The molecule has 0 radical (unpaired) electrons. The van der Waals surface area contributed by atoms with Gasteiger partial charge in [0.25, 0.3) is 0 Å². The number of nitrogens with one attached hydrogen (secondary N) is 1. The van der Waals surface area contributed by atoms with Crippen LogP contribution < -0.4 is 10.1 Å². The third-order valence-corrected chi connectivity index (χ3v) is 5.72. The van der Waals surface area contributed by atoms with Crippen molar-refractivity contribution in [2.75, 3.05) is 19.7 Å². The van der Waals surface area contributed by atoms with Crippen molar-refractivity contribution in [1.82, 2.24) is 20.4 Å². The van der Waals surface area contributed by atoms with E-state index in [1.165, 1.54) is 17.7 Å². The maximum Gasteiger partial charge on any atom is 0.241 e. The molecule has 3 aromatic rings. The smallest absolute Gasteiger partial charge is 0.241 e. The molecule has 2 heterocycles. The van der Waals surface area contributed by atoms with E-state index >= 15 is 0 Å². The zero-order valence-electron chi connectivity index (χ0n) is 19.0. The first-order valence-corrected chi connectivity index (χ1v) is 11.3. The average molecular weight is 453 g/mol. The first-order chi connectivity index (χ1) is 16.0. The molecule has 0 bridgehead atoms. The summed E-state index contributed by atoms with van der Waals surface area (Å²) in [7, 11) is 0. The largest absolute Gasteiger partial charge is 0.491 e. The van der Waals surface area contributed by atoms with Crippen molar-refractivity contribution in [3.8, 4) is 17.1 Å². The third-order valence-electron chi connectivity index (χ3n) is 5.72. The van der Waals surface area contributed by atoms with Gasteiger partial charge in [0.2, 0.25) is 17.6 Å². The fourth-order valence-electron chi connectivity index (χ4n) is 3.90. The summed E-state index contributed by atoms with van der Waals surface area (Å²) in [6, 6.07) is 13.7. The number of piperidine rings is 1. The molecule has 4 rings (SSSR count). The van der Waals surface area contributed by atoms with Crippen LogP contribution in [0.25, 0.3) is 11.4 Å². The number of benzene rings is 2. The Morgan fingerprint density at radius 3 is 2.76 bits per heavy atom. The molecule has 174 valence electrons. The second-order valence-corrected chi connectivity index (χ2v) is 8.63. The summed E-state index contributed by atoms with van der Waals surface area (Å²) >= 11 is 0. The van der Waals surface area contributed by atoms with Gasteiger partial charge in [0.1, 0.15) is 18.2 Å². The SMILES string of the molecule is Cc1ccc(OCC(C)NC(=O)C2CCCN(Cc3nc(-c4ccc(F)cc4)no3)C2)cc1. The van der Waals surface area contributed by atoms with Crippen LogP contribution in [0.2, 0.25) is 0 Å². The molecule has 8 heteroatoms. The molecule has 1 saturated heterocycles. The highest BCUT2D eigenvalue weighted by atomic mass is 19.1. The zero-order chi connectivity index (χ0) is 23.2. The number of hydrogen-bond donors (Lipinski definition) is 1. The number of carbonyl (C=O) groups excluding carboxylic acids is 1. The molecular weight excluding hydrogens is 423 g/mol. The minimum absolute atomic E-state index is 0.0391. The number of likely N-dealkylation sites (tertiary alicyclic amines) is 1. The molecule has 2 atom stereocenters. The minimum atomic E-state index is -0.309. The third kappa shape index (κ3) is 6.38. The molecule has 7 nitrogen and oxygen atoms in total. The number of halogens is 1. The van der Waals surface area contributed by atoms with Crippen LogP contribution in [0, 0.1) is 18.7 Å². The lowest BCUT2D eigenvalue weighted by Gasteiger charge is -2.31. The fourth-order valence-corrected chi connectivity index (χ4v) is 3.90. The predicted octanol–water partition coefficient (Wildman–Crippen LogP) is 3.98. The van der Waals surface area contributed by atoms with E-state index in [9.17, 15) is 9.18 Å². The summed E-state index contributed by atoms with van der Waals surface area (Å²) in [5.41, 5.74) is 1.88. The van der Waals surface area contributed by atoms with Gasteiger partial charge < -0.3 is 14.6 Å². The van der Waals surface area contributed by atoms with Crippen molar-refractivity contribution in [3.63, 3.8) is 0 Å². The highest BCUT2D eigenvalue weighted by Gasteiger charge is 2.27. The van der Waals surface area contributed by atoms with Crippen molar-refractivity contribution < 1.29 is 18.4 Å². The molecule has 1 aliphatic rings. The van der Waals surface area contributed by atoms with Gasteiger partial charge in [0.05, 0.1) is 18.5 Å². The Labute approximate surface area is 192 Å². The van der Waals surface area contributed by atoms with E-state index in [1.54, 1.807) is 12.1 Å². The van der Waals surface area contributed by atoms with Gasteiger partial charge in [-0.2, -0.15) is 4.98 Å².